The van der Waals surface area contributed by atoms with Gasteiger partial charge in [0.2, 0.25) is 11.6 Å². The molecule has 4 nitrogen and oxygen atoms in total. The summed E-state index contributed by atoms with van der Waals surface area (Å²) in [5, 5.41) is 0.810. The molecule has 0 N–H and O–H groups in total. The molecule has 3 atom stereocenters. The number of aliphatic imine (C=N–C) groups is 1. The SMILES string of the molecule is C[C@H]1[C@H]2c3ccccc3O[C@@]1(C)N=C1SCC(=O)N12. The first-order chi connectivity index (χ1) is 9.10. The molecule has 1 fully saturated rings. The lowest BCUT2D eigenvalue weighted by Gasteiger charge is -2.49. The van der Waals surface area contributed by atoms with E-state index in [1.54, 1.807) is 0 Å². The molecule has 0 unspecified atom stereocenters. The maximum atomic E-state index is 12.2. The van der Waals surface area contributed by atoms with E-state index in [0.29, 0.717) is 5.75 Å². The van der Waals surface area contributed by atoms with Gasteiger partial charge in [-0.3, -0.25) is 9.69 Å². The van der Waals surface area contributed by atoms with Crippen molar-refractivity contribution in [2.45, 2.75) is 25.6 Å². The Kier molecular flexibility index (Phi) is 2.11. The summed E-state index contributed by atoms with van der Waals surface area (Å²) in [5.74, 6) is 1.63. The number of nitrogens with zero attached hydrogens (tertiary/aromatic N) is 2. The molecule has 0 aromatic heterocycles. The molecular weight excluding hydrogens is 260 g/mol. The van der Waals surface area contributed by atoms with Gasteiger partial charge in [-0.15, -0.1) is 0 Å². The van der Waals surface area contributed by atoms with Gasteiger partial charge in [0.15, 0.2) is 5.17 Å². The number of amides is 1. The second-order valence-corrected chi connectivity index (χ2v) is 6.32. The Hall–Kier alpha value is -1.49. The van der Waals surface area contributed by atoms with Crippen LogP contribution in [0, 0.1) is 5.92 Å². The number of thioether (sulfide) groups is 1. The molecule has 0 spiro atoms. The van der Waals surface area contributed by atoms with Crippen LogP contribution in [0.3, 0.4) is 0 Å². The maximum absolute atomic E-state index is 12.2. The van der Waals surface area contributed by atoms with Gasteiger partial charge in [-0.1, -0.05) is 36.9 Å². The number of benzene rings is 1. The summed E-state index contributed by atoms with van der Waals surface area (Å²) in [4.78, 5) is 18.7. The first kappa shape index (κ1) is 11.3. The summed E-state index contributed by atoms with van der Waals surface area (Å²) in [5.41, 5.74) is 0.526. The highest BCUT2D eigenvalue weighted by atomic mass is 32.2. The van der Waals surface area contributed by atoms with E-state index in [2.05, 4.69) is 18.0 Å². The van der Waals surface area contributed by atoms with Gasteiger partial charge in [0.1, 0.15) is 5.75 Å². The van der Waals surface area contributed by atoms with Crippen LogP contribution in [0.2, 0.25) is 0 Å². The lowest BCUT2D eigenvalue weighted by molar-refractivity contribution is -0.130. The van der Waals surface area contributed by atoms with Crippen LogP contribution in [-0.4, -0.2) is 27.5 Å². The first-order valence-electron chi connectivity index (χ1n) is 6.43. The highest BCUT2D eigenvalue weighted by molar-refractivity contribution is 8.15. The first-order valence-corrected chi connectivity index (χ1v) is 7.41. The van der Waals surface area contributed by atoms with Crippen molar-refractivity contribution in [3.8, 4) is 5.75 Å². The van der Waals surface area contributed by atoms with E-state index >= 15 is 0 Å². The van der Waals surface area contributed by atoms with E-state index in [0.717, 1.165) is 16.5 Å². The van der Waals surface area contributed by atoms with E-state index in [9.17, 15) is 4.79 Å². The number of carbonyl (C=O) groups is 1. The number of rotatable bonds is 0. The lowest BCUT2D eigenvalue weighted by Crippen LogP contribution is -2.55. The molecule has 19 heavy (non-hydrogen) atoms. The van der Waals surface area contributed by atoms with Gasteiger partial charge >= 0.3 is 0 Å². The molecule has 5 heteroatoms. The van der Waals surface area contributed by atoms with Gasteiger partial charge in [0, 0.05) is 11.5 Å². The van der Waals surface area contributed by atoms with Gasteiger partial charge in [-0.05, 0) is 13.0 Å². The Labute approximate surface area is 115 Å². The van der Waals surface area contributed by atoms with Gasteiger partial charge < -0.3 is 4.74 Å². The number of amidine groups is 1. The van der Waals surface area contributed by atoms with Crippen LogP contribution >= 0.6 is 11.8 Å². The molecule has 0 radical (unpaired) electrons. The largest absolute Gasteiger partial charge is 0.466 e. The van der Waals surface area contributed by atoms with Crippen LogP contribution < -0.4 is 4.74 Å². The lowest BCUT2D eigenvalue weighted by atomic mass is 9.82. The molecule has 3 aliphatic rings. The molecular formula is C14H14N2O2S. The van der Waals surface area contributed by atoms with Crippen molar-refractivity contribution >= 4 is 22.8 Å². The monoisotopic (exact) mass is 274 g/mol. The molecule has 1 amide bonds. The standard InChI is InChI=1S/C14H14N2O2S/c1-8-12-9-5-3-4-6-10(9)18-14(8,2)15-13-16(12)11(17)7-19-13/h3-6,8,12H,7H2,1-2H3/t8-,12-,14+/m0/s1. The Morgan fingerprint density at radius 1 is 1.47 bits per heavy atom. The molecule has 0 aliphatic carbocycles. The molecule has 3 aliphatic heterocycles. The number of fused-ring (bicyclic) bond motifs is 6. The minimum Gasteiger partial charge on any atom is -0.466 e. The van der Waals surface area contributed by atoms with Crippen molar-refractivity contribution < 1.29 is 9.53 Å². The van der Waals surface area contributed by atoms with Crippen molar-refractivity contribution in [3.05, 3.63) is 29.8 Å². The number of hydrogen-bond donors (Lipinski definition) is 0. The smallest absolute Gasteiger partial charge is 0.239 e. The summed E-state index contributed by atoms with van der Waals surface area (Å²) in [6.45, 7) is 4.12. The van der Waals surface area contributed by atoms with Crippen molar-refractivity contribution in [2.24, 2.45) is 10.9 Å². The highest BCUT2D eigenvalue weighted by Crippen LogP contribution is 2.52. The third-order valence-corrected chi connectivity index (χ3v) is 5.21. The minimum atomic E-state index is -0.567. The van der Waals surface area contributed by atoms with E-state index in [-0.39, 0.29) is 17.9 Å². The molecule has 1 saturated heterocycles. The molecule has 2 bridgehead atoms. The zero-order valence-electron chi connectivity index (χ0n) is 10.8. The Morgan fingerprint density at radius 2 is 2.26 bits per heavy atom. The normalized spacial score (nSPS) is 35.4. The molecule has 0 saturated carbocycles. The van der Waals surface area contributed by atoms with E-state index in [1.165, 1.54) is 11.8 Å². The molecule has 4 rings (SSSR count). The minimum absolute atomic E-state index is 0.0462. The third kappa shape index (κ3) is 1.36. The Balaban J connectivity index is 1.96. The maximum Gasteiger partial charge on any atom is 0.239 e. The number of ether oxygens (including phenoxy) is 1. The van der Waals surface area contributed by atoms with Crippen LogP contribution in [0.15, 0.2) is 29.3 Å². The fraction of sp³-hybridized carbons (Fsp3) is 0.429. The van der Waals surface area contributed by atoms with Crippen molar-refractivity contribution in [3.63, 3.8) is 0 Å². The van der Waals surface area contributed by atoms with Crippen LogP contribution in [-0.2, 0) is 4.79 Å². The fourth-order valence-electron chi connectivity index (χ4n) is 3.11. The molecule has 3 heterocycles. The average molecular weight is 274 g/mol. The summed E-state index contributed by atoms with van der Waals surface area (Å²) in [6, 6.07) is 8.01. The zero-order chi connectivity index (χ0) is 13.2. The van der Waals surface area contributed by atoms with Gasteiger partial charge in [-0.2, -0.15) is 0 Å². The predicted octanol–water partition coefficient (Wildman–Crippen LogP) is 2.42. The van der Waals surface area contributed by atoms with Gasteiger partial charge in [-0.25, -0.2) is 4.99 Å². The quantitative estimate of drug-likeness (QED) is 0.729. The van der Waals surface area contributed by atoms with E-state index in [1.807, 2.05) is 30.0 Å². The average Bonchev–Trinajstić information content (AvgIpc) is 2.71. The van der Waals surface area contributed by atoms with Gasteiger partial charge in [0.25, 0.3) is 0 Å². The topological polar surface area (TPSA) is 41.9 Å². The van der Waals surface area contributed by atoms with E-state index < -0.39 is 5.72 Å². The van der Waals surface area contributed by atoms with E-state index in [4.69, 9.17) is 4.74 Å². The number of para-hydroxylation sites is 1. The summed E-state index contributed by atoms with van der Waals surface area (Å²) in [6.07, 6.45) is 0. The molecule has 1 aromatic rings. The number of hydrogen-bond acceptors (Lipinski definition) is 4. The summed E-state index contributed by atoms with van der Waals surface area (Å²) in [7, 11) is 0. The van der Waals surface area contributed by atoms with Crippen LogP contribution in [0.5, 0.6) is 5.75 Å². The van der Waals surface area contributed by atoms with Gasteiger partial charge in [0.05, 0.1) is 11.8 Å². The molecule has 1 aromatic carbocycles. The third-order valence-electron chi connectivity index (χ3n) is 4.27. The Bertz CT molecular complexity index is 615. The van der Waals surface area contributed by atoms with Crippen LogP contribution in [0.25, 0.3) is 0 Å². The van der Waals surface area contributed by atoms with Crippen molar-refractivity contribution in [1.29, 1.82) is 0 Å². The summed E-state index contributed by atoms with van der Waals surface area (Å²) < 4.78 is 6.11. The summed E-state index contributed by atoms with van der Waals surface area (Å²) >= 11 is 1.51. The predicted molar refractivity (Wildman–Crippen MR) is 74.1 cm³/mol. The van der Waals surface area contributed by atoms with Crippen LogP contribution in [0.4, 0.5) is 0 Å². The highest BCUT2D eigenvalue weighted by Gasteiger charge is 2.54. The second kappa shape index (κ2) is 3.54. The van der Waals surface area contributed by atoms with Crippen LogP contribution in [0.1, 0.15) is 25.5 Å². The van der Waals surface area contributed by atoms with Crippen molar-refractivity contribution in [2.75, 3.05) is 5.75 Å². The molecule has 98 valence electrons. The zero-order valence-corrected chi connectivity index (χ0v) is 11.6. The second-order valence-electron chi connectivity index (χ2n) is 5.37. The fourth-order valence-corrected chi connectivity index (χ4v) is 4.10. The number of carbonyl (C=O) groups excluding carboxylic acids is 1. The Morgan fingerprint density at radius 3 is 3.11 bits per heavy atom. The van der Waals surface area contributed by atoms with Crippen molar-refractivity contribution in [1.82, 2.24) is 4.90 Å².